The van der Waals surface area contributed by atoms with E-state index in [-0.39, 0.29) is 31.3 Å². The maximum absolute atomic E-state index is 11.6. The summed E-state index contributed by atoms with van der Waals surface area (Å²) in [4.78, 5) is 50.9. The highest BCUT2D eigenvalue weighted by Crippen LogP contribution is 2.30. The minimum atomic E-state index is -0.294. The summed E-state index contributed by atoms with van der Waals surface area (Å²) < 4.78 is 0. The van der Waals surface area contributed by atoms with Gasteiger partial charge in [0.2, 0.25) is 0 Å². The molecule has 4 aromatic rings. The lowest BCUT2D eigenvalue weighted by molar-refractivity contribution is -0.191. The molecule has 4 aromatic carbocycles. The Balaban J connectivity index is 0.000000165. The van der Waals surface area contributed by atoms with E-state index in [1.807, 2.05) is 43.3 Å². The second-order valence-electron chi connectivity index (χ2n) is 15.2. The van der Waals surface area contributed by atoms with Gasteiger partial charge >= 0.3 is 6.15 Å². The molecule has 0 saturated carbocycles. The average Bonchev–Trinajstić information content (AvgIpc) is 3.21. The fraction of sp³-hybridized carbons (Fsp3) is 0.429. The minimum Gasteiger partial charge on any atom is -0.396 e. The van der Waals surface area contributed by atoms with E-state index in [1.54, 1.807) is 0 Å². The summed E-state index contributed by atoms with van der Waals surface area (Å²) in [7, 11) is 0. The molecular formula is C49H58O8. The third-order valence-electron chi connectivity index (χ3n) is 10.9. The number of hydrogen-bond donors (Lipinski definition) is 3. The van der Waals surface area contributed by atoms with Gasteiger partial charge in [0.1, 0.15) is 0 Å². The van der Waals surface area contributed by atoms with E-state index in [2.05, 4.69) is 43.3 Å². The molecule has 1 atom stereocenters. The smallest absolute Gasteiger partial charge is 0.373 e. The van der Waals surface area contributed by atoms with Crippen molar-refractivity contribution >= 4 is 23.5 Å². The van der Waals surface area contributed by atoms with Crippen molar-refractivity contribution < 1.29 is 39.3 Å². The summed E-state index contributed by atoms with van der Waals surface area (Å²) in [6.07, 6.45) is 14.9. The van der Waals surface area contributed by atoms with Gasteiger partial charge in [-0.2, -0.15) is 9.59 Å². The first-order valence-corrected chi connectivity index (χ1v) is 20.6. The van der Waals surface area contributed by atoms with Crippen molar-refractivity contribution in [2.45, 2.75) is 123 Å². The summed E-state index contributed by atoms with van der Waals surface area (Å²) in [6.45, 7) is 4.52. The van der Waals surface area contributed by atoms with Crippen LogP contribution in [-0.4, -0.2) is 52.0 Å². The molecule has 1 unspecified atom stereocenters. The van der Waals surface area contributed by atoms with Crippen LogP contribution in [0.2, 0.25) is 0 Å². The quantitative estimate of drug-likeness (QED) is 0.177. The first-order chi connectivity index (χ1) is 27.6. The predicted molar refractivity (Wildman–Crippen MR) is 221 cm³/mol. The summed E-state index contributed by atoms with van der Waals surface area (Å²) in [6, 6.07) is 24.7. The SMILES string of the molecule is CCCc1ccc2c(c1)C(=O)CCC2.Cc1ccc2c(c1)C(=O)CCC2.O=C1CCCc2ccc(CCO)cc21.O=C=O.OCCc1ccc2c(c1)C(O)CCC2. The van der Waals surface area contributed by atoms with Crippen molar-refractivity contribution in [1.82, 2.24) is 0 Å². The van der Waals surface area contributed by atoms with Gasteiger partial charge in [-0.05, 0) is 147 Å². The summed E-state index contributed by atoms with van der Waals surface area (Å²) in [5, 5.41) is 27.4. The topological polar surface area (TPSA) is 146 Å². The third-order valence-corrected chi connectivity index (χ3v) is 10.9. The maximum Gasteiger partial charge on any atom is 0.373 e. The molecule has 4 aliphatic rings. The van der Waals surface area contributed by atoms with E-state index in [0.29, 0.717) is 30.8 Å². The van der Waals surface area contributed by atoms with Crippen LogP contribution in [0.3, 0.4) is 0 Å². The monoisotopic (exact) mass is 774 g/mol. The van der Waals surface area contributed by atoms with E-state index in [9.17, 15) is 19.5 Å². The largest absolute Gasteiger partial charge is 0.396 e. The first-order valence-electron chi connectivity index (χ1n) is 20.6. The van der Waals surface area contributed by atoms with E-state index >= 15 is 0 Å². The number of carbonyl (C=O) groups excluding carboxylic acids is 5. The second kappa shape index (κ2) is 23.4. The van der Waals surface area contributed by atoms with Crippen molar-refractivity contribution in [2.24, 2.45) is 0 Å². The molecule has 302 valence electrons. The van der Waals surface area contributed by atoms with Crippen LogP contribution in [0.1, 0.15) is 152 Å². The molecule has 4 aliphatic carbocycles. The van der Waals surface area contributed by atoms with Gasteiger partial charge in [-0.25, -0.2) is 0 Å². The molecule has 0 saturated heterocycles. The molecule has 57 heavy (non-hydrogen) atoms. The normalized spacial score (nSPS) is 16.1. The maximum atomic E-state index is 11.6. The van der Waals surface area contributed by atoms with Gasteiger partial charge in [0, 0.05) is 49.2 Å². The third kappa shape index (κ3) is 13.4. The molecule has 0 heterocycles. The van der Waals surface area contributed by atoms with Crippen LogP contribution in [0, 0.1) is 6.92 Å². The lowest BCUT2D eigenvalue weighted by Crippen LogP contribution is -2.11. The van der Waals surface area contributed by atoms with Gasteiger partial charge in [-0.3, -0.25) is 14.4 Å². The highest BCUT2D eigenvalue weighted by Gasteiger charge is 2.20. The van der Waals surface area contributed by atoms with Crippen molar-refractivity contribution in [3.05, 3.63) is 140 Å². The van der Waals surface area contributed by atoms with Crippen molar-refractivity contribution in [1.29, 1.82) is 0 Å². The highest BCUT2D eigenvalue weighted by atomic mass is 16.3. The Morgan fingerprint density at radius 2 is 0.947 bits per heavy atom. The Hall–Kier alpha value is -4.85. The van der Waals surface area contributed by atoms with Gasteiger partial charge in [-0.1, -0.05) is 73.5 Å². The van der Waals surface area contributed by atoms with Crippen LogP contribution in [0.4, 0.5) is 0 Å². The molecule has 8 nitrogen and oxygen atoms in total. The van der Waals surface area contributed by atoms with Gasteiger partial charge in [0.05, 0.1) is 6.10 Å². The van der Waals surface area contributed by atoms with Crippen LogP contribution in [0.25, 0.3) is 0 Å². The molecule has 0 fully saturated rings. The number of Topliss-reactive ketones (excluding diaryl/α,β-unsaturated/α-hetero) is 3. The van der Waals surface area contributed by atoms with Gasteiger partial charge in [0.15, 0.2) is 17.3 Å². The molecule has 0 amide bonds. The Kier molecular flexibility index (Phi) is 18.4. The molecule has 0 radical (unpaired) electrons. The summed E-state index contributed by atoms with van der Waals surface area (Å²) >= 11 is 0. The molecule has 0 aromatic heterocycles. The average molecular weight is 775 g/mol. The first kappa shape index (κ1) is 44.9. The van der Waals surface area contributed by atoms with E-state index in [1.165, 1.54) is 33.4 Å². The van der Waals surface area contributed by atoms with Crippen LogP contribution in [-0.2, 0) is 54.5 Å². The molecule has 0 aliphatic heterocycles. The number of carbonyl (C=O) groups is 3. The number of benzene rings is 4. The second-order valence-corrected chi connectivity index (χ2v) is 15.2. The highest BCUT2D eigenvalue weighted by molar-refractivity contribution is 5.99. The predicted octanol–water partition coefficient (Wildman–Crippen LogP) is 8.42. The zero-order valence-corrected chi connectivity index (χ0v) is 33.6. The Labute approximate surface area is 337 Å². The van der Waals surface area contributed by atoms with Gasteiger partial charge in [0.25, 0.3) is 0 Å². The van der Waals surface area contributed by atoms with Crippen LogP contribution < -0.4 is 0 Å². The van der Waals surface area contributed by atoms with Gasteiger partial charge in [-0.15, -0.1) is 0 Å². The number of rotatable bonds is 6. The van der Waals surface area contributed by atoms with Gasteiger partial charge < -0.3 is 15.3 Å². The molecule has 0 bridgehead atoms. The number of ketones is 3. The number of aryl methyl sites for hydroxylation is 6. The van der Waals surface area contributed by atoms with Crippen molar-refractivity contribution in [3.63, 3.8) is 0 Å². The zero-order chi connectivity index (χ0) is 41.2. The number of aliphatic hydroxyl groups excluding tert-OH is 3. The van der Waals surface area contributed by atoms with E-state index in [4.69, 9.17) is 19.8 Å². The Morgan fingerprint density at radius 1 is 0.544 bits per heavy atom. The standard InChI is InChI=1S/C13H16O.C12H16O2.C12H14O2.C11H12O.CO2/c1-2-4-10-7-8-11-5-3-6-13(14)12(11)9-10;2*13-7-6-9-4-5-10-2-1-3-12(14)11(10)8-9;1-8-5-6-9-3-2-4-11(12)10(9)7-8;2-1-3/h7-9H,2-6H2,1H3;4-5,8,12-14H,1-3,6-7H2;4-5,8,13H,1-3,6-7H2;5-7H,2-4H2,1H3;. The number of fused-ring (bicyclic) bond motifs is 4. The molecule has 0 spiro atoms. The fourth-order valence-corrected chi connectivity index (χ4v) is 7.93. The molecule has 8 heteroatoms. The van der Waals surface area contributed by atoms with Crippen LogP contribution >= 0.6 is 0 Å². The summed E-state index contributed by atoms with van der Waals surface area (Å²) in [5.41, 5.74) is 13.5. The molecule has 8 rings (SSSR count). The number of aliphatic hydroxyl groups is 3. The Bertz CT molecular complexity index is 1930. The zero-order valence-electron chi connectivity index (χ0n) is 33.6. The van der Waals surface area contributed by atoms with E-state index in [0.717, 1.165) is 117 Å². The van der Waals surface area contributed by atoms with Crippen molar-refractivity contribution in [2.75, 3.05) is 13.2 Å². The lowest BCUT2D eigenvalue weighted by Gasteiger charge is -2.21. The van der Waals surface area contributed by atoms with Crippen LogP contribution in [0.5, 0.6) is 0 Å². The van der Waals surface area contributed by atoms with Crippen molar-refractivity contribution in [3.8, 4) is 0 Å². The fourth-order valence-electron chi connectivity index (χ4n) is 7.93. The van der Waals surface area contributed by atoms with E-state index < -0.39 is 0 Å². The summed E-state index contributed by atoms with van der Waals surface area (Å²) in [5.74, 6) is 0.912. The Morgan fingerprint density at radius 3 is 1.42 bits per heavy atom. The lowest BCUT2D eigenvalue weighted by atomic mass is 9.88. The molecule has 3 N–H and O–H groups in total. The number of hydrogen-bond acceptors (Lipinski definition) is 8. The minimum absolute atomic E-state index is 0.146. The van der Waals surface area contributed by atoms with Crippen LogP contribution in [0.15, 0.2) is 72.8 Å². The molecular weight excluding hydrogens is 717 g/mol.